The van der Waals surface area contributed by atoms with Crippen molar-refractivity contribution in [2.45, 2.75) is 85.3 Å². The summed E-state index contributed by atoms with van der Waals surface area (Å²) in [7, 11) is 0. The average molecular weight is 424 g/mol. The molecule has 1 amide bonds. The fourth-order valence-corrected chi connectivity index (χ4v) is 6.45. The predicted molar refractivity (Wildman–Crippen MR) is 128 cm³/mol. The zero-order valence-corrected chi connectivity index (χ0v) is 20.1. The lowest BCUT2D eigenvalue weighted by atomic mass is 9.46. The maximum atomic E-state index is 12.5. The van der Waals surface area contributed by atoms with Gasteiger partial charge in [0.15, 0.2) is 0 Å². The van der Waals surface area contributed by atoms with Gasteiger partial charge in [-0.3, -0.25) is 4.79 Å². The van der Waals surface area contributed by atoms with Crippen molar-refractivity contribution in [1.29, 1.82) is 0 Å². The molecule has 0 heterocycles. The first kappa shape index (κ1) is 23.8. The number of carbonyl (C=O) groups is 1. The first-order valence-corrected chi connectivity index (χ1v) is 11.9. The molecule has 0 spiro atoms. The van der Waals surface area contributed by atoms with Crippen LogP contribution in [0.25, 0.3) is 0 Å². The van der Waals surface area contributed by atoms with E-state index in [0.717, 1.165) is 49.7 Å². The highest BCUT2D eigenvalue weighted by Crippen LogP contribution is 2.61. The number of fused-ring (bicyclic) bond motifs is 1. The van der Waals surface area contributed by atoms with Gasteiger partial charge in [0.1, 0.15) is 0 Å². The Hall–Kier alpha value is -1.87. The standard InChI is InChI=1S/C28H41NO2/c1-19(18-26(31)29-21(3)22-10-8-7-9-11-22)12-14-23-20(2)13-15-24-27(4,5)25(30)16-17-28(23,24)6/h7-11,18,21,23-25,30H,2,12-17H2,1,3-6H3,(H,29,31)/b19-18+/t21?,23-,24-,25-,28+/m1/s1. The molecular weight excluding hydrogens is 382 g/mol. The summed E-state index contributed by atoms with van der Waals surface area (Å²) in [4.78, 5) is 12.5. The van der Waals surface area contributed by atoms with E-state index in [-0.39, 0.29) is 28.9 Å². The van der Waals surface area contributed by atoms with Gasteiger partial charge in [-0.15, -0.1) is 0 Å². The molecule has 3 rings (SSSR count). The van der Waals surface area contributed by atoms with Gasteiger partial charge < -0.3 is 10.4 Å². The maximum absolute atomic E-state index is 12.5. The summed E-state index contributed by atoms with van der Waals surface area (Å²) >= 11 is 0. The van der Waals surface area contributed by atoms with Crippen LogP contribution in [0.4, 0.5) is 0 Å². The summed E-state index contributed by atoms with van der Waals surface area (Å²) in [6, 6.07) is 10.0. The van der Waals surface area contributed by atoms with Crippen molar-refractivity contribution < 1.29 is 9.90 Å². The lowest BCUT2D eigenvalue weighted by Crippen LogP contribution is -2.54. The number of hydrogen-bond acceptors (Lipinski definition) is 2. The third-order valence-corrected chi connectivity index (χ3v) is 8.42. The summed E-state index contributed by atoms with van der Waals surface area (Å²) in [6.07, 6.45) is 7.60. The zero-order valence-electron chi connectivity index (χ0n) is 20.1. The second-order valence-electron chi connectivity index (χ2n) is 10.9. The maximum Gasteiger partial charge on any atom is 0.244 e. The monoisotopic (exact) mass is 423 g/mol. The van der Waals surface area contributed by atoms with E-state index in [1.54, 1.807) is 6.08 Å². The predicted octanol–water partition coefficient (Wildman–Crippen LogP) is 6.36. The molecule has 0 radical (unpaired) electrons. The Morgan fingerprint density at radius 2 is 1.94 bits per heavy atom. The summed E-state index contributed by atoms with van der Waals surface area (Å²) in [6.45, 7) is 15.4. The van der Waals surface area contributed by atoms with Gasteiger partial charge in [-0.05, 0) is 80.6 Å². The van der Waals surface area contributed by atoms with Crippen LogP contribution in [-0.2, 0) is 4.79 Å². The minimum Gasteiger partial charge on any atom is -0.393 e. The van der Waals surface area contributed by atoms with Crippen molar-refractivity contribution in [2.24, 2.45) is 22.7 Å². The number of carbonyl (C=O) groups excluding carboxylic acids is 1. The minimum atomic E-state index is -0.213. The third-order valence-electron chi connectivity index (χ3n) is 8.42. The van der Waals surface area contributed by atoms with Crippen molar-refractivity contribution in [1.82, 2.24) is 5.32 Å². The molecule has 31 heavy (non-hydrogen) atoms. The second kappa shape index (κ2) is 9.32. The normalized spacial score (nSPS) is 31.6. The molecule has 0 bridgehead atoms. The Balaban J connectivity index is 1.63. The van der Waals surface area contributed by atoms with Gasteiger partial charge in [-0.1, -0.05) is 68.8 Å². The Morgan fingerprint density at radius 1 is 1.26 bits per heavy atom. The van der Waals surface area contributed by atoms with E-state index in [9.17, 15) is 9.90 Å². The summed E-state index contributed by atoms with van der Waals surface area (Å²) < 4.78 is 0. The van der Waals surface area contributed by atoms with Gasteiger partial charge >= 0.3 is 0 Å². The SMILES string of the molecule is C=C1CC[C@@H]2C(C)(C)[C@H](O)CC[C@@]2(C)[C@@H]1CC/C(C)=C/C(=O)NC(C)c1ccccc1. The van der Waals surface area contributed by atoms with Gasteiger partial charge in [0, 0.05) is 6.08 Å². The van der Waals surface area contributed by atoms with E-state index < -0.39 is 0 Å². The molecular formula is C28H41NO2. The molecule has 2 aliphatic rings. The summed E-state index contributed by atoms with van der Waals surface area (Å²) in [5, 5.41) is 13.7. The topological polar surface area (TPSA) is 49.3 Å². The number of rotatable bonds is 6. The van der Waals surface area contributed by atoms with E-state index in [4.69, 9.17) is 0 Å². The quantitative estimate of drug-likeness (QED) is 0.413. The van der Waals surface area contributed by atoms with Gasteiger partial charge in [-0.25, -0.2) is 0 Å². The number of amides is 1. The van der Waals surface area contributed by atoms with Gasteiger partial charge in [0.25, 0.3) is 0 Å². The molecule has 170 valence electrons. The second-order valence-corrected chi connectivity index (χ2v) is 10.9. The van der Waals surface area contributed by atoms with E-state index in [1.165, 1.54) is 5.57 Å². The molecule has 3 heteroatoms. The molecule has 1 unspecified atom stereocenters. The van der Waals surface area contributed by atoms with Crippen LogP contribution in [0, 0.1) is 22.7 Å². The first-order chi connectivity index (χ1) is 14.6. The van der Waals surface area contributed by atoms with Crippen molar-refractivity contribution in [2.75, 3.05) is 0 Å². The lowest BCUT2D eigenvalue weighted by Gasteiger charge is -2.59. The van der Waals surface area contributed by atoms with Gasteiger partial charge in [0.2, 0.25) is 5.91 Å². The zero-order chi connectivity index (χ0) is 22.8. The molecule has 3 nitrogen and oxygen atoms in total. The fourth-order valence-electron chi connectivity index (χ4n) is 6.45. The van der Waals surface area contributed by atoms with Crippen molar-refractivity contribution >= 4 is 5.91 Å². The van der Waals surface area contributed by atoms with Gasteiger partial charge in [0.05, 0.1) is 12.1 Å². The fraction of sp³-hybridized carbons (Fsp3) is 0.607. The molecule has 2 N–H and O–H groups in total. The largest absolute Gasteiger partial charge is 0.393 e. The number of aliphatic hydroxyl groups excluding tert-OH is 1. The molecule has 0 aromatic heterocycles. The number of allylic oxidation sites excluding steroid dienone is 2. The van der Waals surface area contributed by atoms with Crippen LogP contribution < -0.4 is 5.32 Å². The number of hydrogen-bond donors (Lipinski definition) is 2. The first-order valence-electron chi connectivity index (χ1n) is 11.9. The Kier molecular flexibility index (Phi) is 7.15. The smallest absolute Gasteiger partial charge is 0.244 e. The Bertz CT molecular complexity index is 825. The minimum absolute atomic E-state index is 0.00793. The van der Waals surface area contributed by atoms with E-state index >= 15 is 0 Å². The van der Waals surface area contributed by atoms with Crippen LogP contribution in [0.1, 0.15) is 84.7 Å². The van der Waals surface area contributed by atoms with Crippen molar-refractivity contribution in [3.05, 3.63) is 59.7 Å². The number of nitrogens with one attached hydrogen (secondary N) is 1. The van der Waals surface area contributed by atoms with Crippen LogP contribution in [0.3, 0.4) is 0 Å². The van der Waals surface area contributed by atoms with Crippen molar-refractivity contribution in [3.63, 3.8) is 0 Å². The number of benzene rings is 1. The van der Waals surface area contributed by atoms with E-state index in [0.29, 0.717) is 11.8 Å². The van der Waals surface area contributed by atoms with Crippen LogP contribution in [0.5, 0.6) is 0 Å². The molecule has 5 atom stereocenters. The molecule has 1 aromatic carbocycles. The van der Waals surface area contributed by atoms with Crippen LogP contribution in [0.15, 0.2) is 54.1 Å². The summed E-state index contributed by atoms with van der Waals surface area (Å²) in [5.41, 5.74) is 3.72. The molecule has 1 aromatic rings. The Labute approximate surface area is 189 Å². The molecule has 2 fully saturated rings. The van der Waals surface area contributed by atoms with E-state index in [1.807, 2.05) is 37.3 Å². The van der Waals surface area contributed by atoms with E-state index in [2.05, 4.69) is 39.6 Å². The van der Waals surface area contributed by atoms with Crippen LogP contribution >= 0.6 is 0 Å². The highest BCUT2D eigenvalue weighted by molar-refractivity contribution is 5.88. The van der Waals surface area contributed by atoms with Crippen molar-refractivity contribution in [3.8, 4) is 0 Å². The number of aliphatic hydroxyl groups is 1. The highest BCUT2D eigenvalue weighted by atomic mass is 16.3. The molecule has 0 saturated heterocycles. The highest BCUT2D eigenvalue weighted by Gasteiger charge is 2.55. The van der Waals surface area contributed by atoms with Crippen LogP contribution in [0.2, 0.25) is 0 Å². The molecule has 0 aliphatic heterocycles. The molecule has 2 saturated carbocycles. The third kappa shape index (κ3) is 4.98. The average Bonchev–Trinajstić information content (AvgIpc) is 2.71. The summed E-state index contributed by atoms with van der Waals surface area (Å²) in [5.74, 6) is 0.938. The van der Waals surface area contributed by atoms with Crippen LogP contribution in [-0.4, -0.2) is 17.1 Å². The molecule has 2 aliphatic carbocycles. The Morgan fingerprint density at radius 3 is 2.61 bits per heavy atom. The van der Waals surface area contributed by atoms with Gasteiger partial charge in [-0.2, -0.15) is 0 Å². The lowest BCUT2D eigenvalue weighted by molar-refractivity contribution is -0.124.